The summed E-state index contributed by atoms with van der Waals surface area (Å²) in [6.07, 6.45) is 3.10. The normalized spacial score (nSPS) is 16.9. The summed E-state index contributed by atoms with van der Waals surface area (Å²) in [6.45, 7) is 4.12. The molecule has 1 fully saturated rings. The van der Waals surface area contributed by atoms with E-state index in [9.17, 15) is 9.59 Å². The van der Waals surface area contributed by atoms with Crippen molar-refractivity contribution < 1.29 is 19.1 Å². The highest BCUT2D eigenvalue weighted by Gasteiger charge is 2.44. The van der Waals surface area contributed by atoms with Crippen LogP contribution in [0.2, 0.25) is 0 Å². The van der Waals surface area contributed by atoms with Crippen LogP contribution in [-0.4, -0.2) is 41.1 Å². The van der Waals surface area contributed by atoms with Gasteiger partial charge in [-0.05, 0) is 19.4 Å². The number of carbonyl (C=O) groups excluding carboxylic acids is 2. The predicted octanol–water partition coefficient (Wildman–Crippen LogP) is 2.25. The van der Waals surface area contributed by atoms with Gasteiger partial charge in [-0.25, -0.2) is 9.78 Å². The van der Waals surface area contributed by atoms with Crippen LogP contribution in [0.4, 0.5) is 0 Å². The predicted molar refractivity (Wildman–Crippen MR) is 86.7 cm³/mol. The Morgan fingerprint density at radius 3 is 2.62 bits per heavy atom. The molecule has 0 bridgehead atoms. The lowest BCUT2D eigenvalue weighted by molar-refractivity contribution is -0.165. The molecule has 1 saturated heterocycles. The molecule has 6 nitrogen and oxygen atoms in total. The van der Waals surface area contributed by atoms with Crippen molar-refractivity contribution in [2.24, 2.45) is 5.41 Å². The third-order valence-electron chi connectivity index (χ3n) is 4.56. The number of ether oxygens (including phenoxy) is 2. The van der Waals surface area contributed by atoms with Crippen molar-refractivity contribution >= 4 is 11.8 Å². The van der Waals surface area contributed by atoms with Crippen molar-refractivity contribution in [3.8, 4) is 0 Å². The fourth-order valence-electron chi connectivity index (χ4n) is 2.68. The topological polar surface area (TPSA) is 70.4 Å². The molecule has 1 aromatic carbocycles. The molecule has 24 heavy (non-hydrogen) atoms. The number of hydrogen-bond acceptors (Lipinski definition) is 5. The van der Waals surface area contributed by atoms with Crippen molar-refractivity contribution in [2.75, 3.05) is 19.8 Å². The second kappa shape index (κ2) is 6.57. The van der Waals surface area contributed by atoms with E-state index in [1.165, 1.54) is 13.1 Å². The van der Waals surface area contributed by atoms with Crippen LogP contribution >= 0.6 is 0 Å². The summed E-state index contributed by atoms with van der Waals surface area (Å²) >= 11 is 0. The maximum atomic E-state index is 12.4. The van der Waals surface area contributed by atoms with Gasteiger partial charge < -0.3 is 14.0 Å². The van der Waals surface area contributed by atoms with E-state index in [0.717, 1.165) is 5.56 Å². The van der Waals surface area contributed by atoms with E-state index >= 15 is 0 Å². The van der Waals surface area contributed by atoms with Crippen molar-refractivity contribution in [3.05, 3.63) is 54.1 Å². The largest absolute Gasteiger partial charge is 0.460 e. The zero-order chi connectivity index (χ0) is 17.2. The smallest absolute Gasteiger partial charge is 0.356 e. The van der Waals surface area contributed by atoms with E-state index in [-0.39, 0.29) is 18.4 Å². The van der Waals surface area contributed by atoms with Crippen LogP contribution < -0.4 is 0 Å². The molecule has 2 aromatic rings. The summed E-state index contributed by atoms with van der Waals surface area (Å²) in [5, 5.41) is 0. The average Bonchev–Trinajstić information content (AvgIpc) is 3.03. The molecule has 1 aliphatic heterocycles. The van der Waals surface area contributed by atoms with E-state index in [4.69, 9.17) is 9.47 Å². The highest BCUT2D eigenvalue weighted by molar-refractivity contribution is 5.88. The zero-order valence-corrected chi connectivity index (χ0v) is 13.8. The van der Waals surface area contributed by atoms with Gasteiger partial charge in [0.1, 0.15) is 23.5 Å². The monoisotopic (exact) mass is 328 g/mol. The van der Waals surface area contributed by atoms with E-state index < -0.39 is 11.4 Å². The SMILES string of the molecule is CC(=O)C1(COC(=O)c2cncn2[C@H](C)c2ccccc2)COC1. The van der Waals surface area contributed by atoms with Gasteiger partial charge in [-0.3, -0.25) is 4.79 Å². The highest BCUT2D eigenvalue weighted by Crippen LogP contribution is 2.29. The van der Waals surface area contributed by atoms with E-state index in [0.29, 0.717) is 18.9 Å². The van der Waals surface area contributed by atoms with Crippen molar-refractivity contribution in [3.63, 3.8) is 0 Å². The molecule has 0 amide bonds. The summed E-state index contributed by atoms with van der Waals surface area (Å²) in [6, 6.07) is 9.79. The van der Waals surface area contributed by atoms with Gasteiger partial charge in [0.15, 0.2) is 0 Å². The lowest BCUT2D eigenvalue weighted by Crippen LogP contribution is -2.51. The number of esters is 1. The molecule has 6 heteroatoms. The minimum absolute atomic E-state index is 0.0206. The summed E-state index contributed by atoms with van der Waals surface area (Å²) in [5.41, 5.74) is 0.744. The first-order chi connectivity index (χ1) is 11.5. The maximum absolute atomic E-state index is 12.4. The Balaban J connectivity index is 1.73. The highest BCUT2D eigenvalue weighted by atomic mass is 16.5. The molecule has 1 aromatic heterocycles. The van der Waals surface area contributed by atoms with Gasteiger partial charge in [0.25, 0.3) is 0 Å². The first-order valence-electron chi connectivity index (χ1n) is 7.86. The Morgan fingerprint density at radius 2 is 2.04 bits per heavy atom. The van der Waals surface area contributed by atoms with Crippen LogP contribution in [0.3, 0.4) is 0 Å². The standard InChI is InChI=1S/C18H20N2O4/c1-13(15-6-4-3-5-7-15)20-12-19-8-16(20)17(22)24-11-18(14(2)21)9-23-10-18/h3-8,12-13H,9-11H2,1-2H3/t13-/m1/s1. The molecular formula is C18H20N2O4. The number of benzene rings is 1. The Kier molecular flexibility index (Phi) is 4.49. The number of ketones is 1. The fourth-order valence-corrected chi connectivity index (χ4v) is 2.68. The Morgan fingerprint density at radius 1 is 1.33 bits per heavy atom. The number of imidazole rings is 1. The Hall–Kier alpha value is -2.47. The summed E-state index contributed by atoms with van der Waals surface area (Å²) in [5.74, 6) is -0.504. The number of rotatable bonds is 6. The minimum Gasteiger partial charge on any atom is -0.460 e. The lowest BCUT2D eigenvalue weighted by atomic mass is 9.83. The molecule has 2 heterocycles. The van der Waals surface area contributed by atoms with Gasteiger partial charge in [-0.2, -0.15) is 0 Å². The Labute approximate surface area is 140 Å². The van der Waals surface area contributed by atoms with Gasteiger partial charge in [0.05, 0.1) is 31.8 Å². The van der Waals surface area contributed by atoms with Crippen molar-refractivity contribution in [1.29, 1.82) is 0 Å². The van der Waals surface area contributed by atoms with E-state index in [1.54, 1.807) is 10.9 Å². The molecular weight excluding hydrogens is 308 g/mol. The van der Waals surface area contributed by atoms with E-state index in [1.807, 2.05) is 37.3 Å². The van der Waals surface area contributed by atoms with Crippen LogP contribution in [0, 0.1) is 5.41 Å². The van der Waals surface area contributed by atoms with Gasteiger partial charge in [0, 0.05) is 0 Å². The van der Waals surface area contributed by atoms with Crippen molar-refractivity contribution in [2.45, 2.75) is 19.9 Å². The van der Waals surface area contributed by atoms with Gasteiger partial charge in [0.2, 0.25) is 0 Å². The lowest BCUT2D eigenvalue weighted by Gasteiger charge is -2.38. The number of nitrogens with zero attached hydrogens (tertiary/aromatic N) is 2. The van der Waals surface area contributed by atoms with Crippen LogP contribution in [0.1, 0.15) is 35.9 Å². The minimum atomic E-state index is -0.689. The number of hydrogen-bond donors (Lipinski definition) is 0. The van der Waals surface area contributed by atoms with E-state index in [2.05, 4.69) is 4.98 Å². The molecule has 1 atom stereocenters. The number of aromatic nitrogens is 2. The molecule has 0 radical (unpaired) electrons. The number of Topliss-reactive ketones (excluding diaryl/α,β-unsaturated/α-hetero) is 1. The Bertz CT molecular complexity index is 734. The molecule has 1 aliphatic rings. The second-order valence-corrected chi connectivity index (χ2v) is 6.18. The first-order valence-corrected chi connectivity index (χ1v) is 7.86. The average molecular weight is 328 g/mol. The van der Waals surface area contributed by atoms with Crippen LogP contribution in [0.15, 0.2) is 42.9 Å². The zero-order valence-electron chi connectivity index (χ0n) is 13.8. The molecule has 3 rings (SSSR count). The summed E-state index contributed by atoms with van der Waals surface area (Å²) in [7, 11) is 0. The van der Waals surface area contributed by atoms with Gasteiger partial charge in [-0.15, -0.1) is 0 Å². The van der Waals surface area contributed by atoms with Crippen LogP contribution in [-0.2, 0) is 14.3 Å². The molecule has 126 valence electrons. The van der Waals surface area contributed by atoms with Gasteiger partial charge in [-0.1, -0.05) is 30.3 Å². The summed E-state index contributed by atoms with van der Waals surface area (Å²) in [4.78, 5) is 28.2. The molecule has 0 unspecified atom stereocenters. The van der Waals surface area contributed by atoms with Crippen molar-refractivity contribution in [1.82, 2.24) is 9.55 Å². The molecule has 0 saturated carbocycles. The van der Waals surface area contributed by atoms with Crippen LogP contribution in [0.25, 0.3) is 0 Å². The second-order valence-electron chi connectivity index (χ2n) is 6.18. The maximum Gasteiger partial charge on any atom is 0.356 e. The fraction of sp³-hybridized carbons (Fsp3) is 0.389. The number of carbonyl (C=O) groups is 2. The van der Waals surface area contributed by atoms with Gasteiger partial charge >= 0.3 is 5.97 Å². The molecule has 0 aliphatic carbocycles. The quantitative estimate of drug-likeness (QED) is 0.761. The first kappa shape index (κ1) is 16.4. The summed E-state index contributed by atoms with van der Waals surface area (Å²) < 4.78 is 12.3. The third-order valence-corrected chi connectivity index (χ3v) is 4.56. The van der Waals surface area contributed by atoms with Crippen LogP contribution in [0.5, 0.6) is 0 Å². The third kappa shape index (κ3) is 2.97. The molecule has 0 N–H and O–H groups in total. The molecule has 0 spiro atoms.